The van der Waals surface area contributed by atoms with Crippen LogP contribution in [0.5, 0.6) is 11.5 Å². The minimum atomic E-state index is -3.79. The van der Waals surface area contributed by atoms with Gasteiger partial charge >= 0.3 is 0 Å². The topological polar surface area (TPSA) is 84.9 Å². The number of nitrogens with zero attached hydrogens (tertiary/aromatic N) is 1. The van der Waals surface area contributed by atoms with Crippen molar-refractivity contribution in [2.75, 3.05) is 30.1 Å². The first kappa shape index (κ1) is 21.6. The van der Waals surface area contributed by atoms with Crippen LogP contribution in [0.3, 0.4) is 0 Å². The van der Waals surface area contributed by atoms with E-state index in [1.54, 1.807) is 18.2 Å². The maximum atomic E-state index is 12.9. The highest BCUT2D eigenvalue weighted by atomic mass is 32.2. The van der Waals surface area contributed by atoms with E-state index in [1.807, 2.05) is 26.0 Å². The third kappa shape index (κ3) is 4.75. The minimum Gasteiger partial charge on any atom is -0.497 e. The first-order chi connectivity index (χ1) is 13.1. The second kappa shape index (κ2) is 8.52. The summed E-state index contributed by atoms with van der Waals surface area (Å²) in [5, 5.41) is 2.81. The average Bonchev–Trinajstić information content (AvgIpc) is 2.62. The van der Waals surface area contributed by atoms with Gasteiger partial charge in [-0.2, -0.15) is 0 Å². The molecule has 0 radical (unpaired) electrons. The monoisotopic (exact) mass is 406 g/mol. The van der Waals surface area contributed by atoms with Crippen molar-refractivity contribution >= 4 is 27.3 Å². The number of carbonyl (C=O) groups excluding carboxylic acids is 1. The predicted molar refractivity (Wildman–Crippen MR) is 111 cm³/mol. The SMILES string of the molecule is COc1ccc(OC)c(N(C(C)C(=O)Nc2ccc(C)cc2C)S(C)(=O)=O)c1. The molecule has 152 valence electrons. The van der Waals surface area contributed by atoms with E-state index in [2.05, 4.69) is 5.32 Å². The molecule has 0 bridgehead atoms. The Labute approximate surface area is 166 Å². The lowest BCUT2D eigenvalue weighted by Crippen LogP contribution is -2.45. The van der Waals surface area contributed by atoms with Crippen molar-refractivity contribution in [2.24, 2.45) is 0 Å². The van der Waals surface area contributed by atoms with E-state index in [1.165, 1.54) is 27.2 Å². The van der Waals surface area contributed by atoms with Crippen LogP contribution in [0.4, 0.5) is 11.4 Å². The molecule has 0 saturated heterocycles. The quantitative estimate of drug-likeness (QED) is 0.764. The van der Waals surface area contributed by atoms with Crippen LogP contribution in [0.25, 0.3) is 0 Å². The molecule has 1 N–H and O–H groups in total. The molecule has 2 aromatic rings. The molecule has 0 aliphatic rings. The van der Waals surface area contributed by atoms with E-state index in [4.69, 9.17) is 9.47 Å². The highest BCUT2D eigenvalue weighted by molar-refractivity contribution is 7.92. The number of benzene rings is 2. The lowest BCUT2D eigenvalue weighted by Gasteiger charge is -2.29. The summed E-state index contributed by atoms with van der Waals surface area (Å²) < 4.78 is 36.7. The van der Waals surface area contributed by atoms with Crippen molar-refractivity contribution < 1.29 is 22.7 Å². The number of hydrogen-bond acceptors (Lipinski definition) is 5. The largest absolute Gasteiger partial charge is 0.497 e. The van der Waals surface area contributed by atoms with Crippen LogP contribution in [0.2, 0.25) is 0 Å². The van der Waals surface area contributed by atoms with Gasteiger partial charge in [-0.25, -0.2) is 8.42 Å². The third-order valence-corrected chi connectivity index (χ3v) is 5.58. The molecule has 8 heteroatoms. The van der Waals surface area contributed by atoms with Crippen LogP contribution in [0.1, 0.15) is 18.1 Å². The van der Waals surface area contributed by atoms with Gasteiger partial charge in [0.1, 0.15) is 17.5 Å². The van der Waals surface area contributed by atoms with Crippen LogP contribution in [0.15, 0.2) is 36.4 Å². The predicted octanol–water partition coefficient (Wildman–Crippen LogP) is 3.11. The first-order valence-corrected chi connectivity index (χ1v) is 10.5. The lowest BCUT2D eigenvalue weighted by molar-refractivity contribution is -0.116. The summed E-state index contributed by atoms with van der Waals surface area (Å²) >= 11 is 0. The average molecular weight is 407 g/mol. The van der Waals surface area contributed by atoms with Gasteiger partial charge in [0, 0.05) is 11.8 Å². The molecule has 0 saturated carbocycles. The van der Waals surface area contributed by atoms with Crippen LogP contribution in [-0.4, -0.2) is 40.8 Å². The Bertz CT molecular complexity index is 973. The summed E-state index contributed by atoms with van der Waals surface area (Å²) in [6.07, 6.45) is 1.05. The molecule has 0 heterocycles. The van der Waals surface area contributed by atoms with Gasteiger partial charge in [-0.1, -0.05) is 17.7 Å². The summed E-state index contributed by atoms with van der Waals surface area (Å²) in [7, 11) is -0.876. The second-order valence-corrected chi connectivity index (χ2v) is 8.44. The van der Waals surface area contributed by atoms with Crippen molar-refractivity contribution in [3.8, 4) is 11.5 Å². The van der Waals surface area contributed by atoms with Gasteiger partial charge < -0.3 is 14.8 Å². The zero-order valence-electron chi connectivity index (χ0n) is 16.9. The zero-order chi connectivity index (χ0) is 21.1. The summed E-state index contributed by atoms with van der Waals surface area (Å²) in [5.74, 6) is 0.311. The number of rotatable bonds is 7. The van der Waals surface area contributed by atoms with E-state index in [-0.39, 0.29) is 5.69 Å². The number of nitrogens with one attached hydrogen (secondary N) is 1. The van der Waals surface area contributed by atoms with Crippen molar-refractivity contribution in [1.82, 2.24) is 0 Å². The molecule has 0 aromatic heterocycles. The van der Waals surface area contributed by atoms with Gasteiger partial charge in [-0.05, 0) is 44.5 Å². The Kier molecular flexibility index (Phi) is 6.56. The van der Waals surface area contributed by atoms with E-state index < -0.39 is 22.0 Å². The summed E-state index contributed by atoms with van der Waals surface area (Å²) in [5.41, 5.74) is 2.83. The summed E-state index contributed by atoms with van der Waals surface area (Å²) in [6, 6.07) is 9.39. The van der Waals surface area contributed by atoms with Crippen molar-refractivity contribution in [3.05, 3.63) is 47.5 Å². The van der Waals surface area contributed by atoms with Crippen LogP contribution < -0.4 is 19.1 Å². The van der Waals surface area contributed by atoms with E-state index in [0.29, 0.717) is 17.2 Å². The first-order valence-electron chi connectivity index (χ1n) is 8.68. The number of amides is 1. The molecule has 0 aliphatic heterocycles. The number of carbonyl (C=O) groups is 1. The summed E-state index contributed by atoms with van der Waals surface area (Å²) in [4.78, 5) is 12.9. The molecule has 2 aromatic carbocycles. The van der Waals surface area contributed by atoms with Crippen molar-refractivity contribution in [3.63, 3.8) is 0 Å². The van der Waals surface area contributed by atoms with E-state index in [0.717, 1.165) is 21.7 Å². The molecular formula is C20H26N2O5S. The maximum Gasteiger partial charge on any atom is 0.248 e. The van der Waals surface area contributed by atoms with Gasteiger partial charge in [-0.3, -0.25) is 9.10 Å². The number of aryl methyl sites for hydroxylation is 2. The van der Waals surface area contributed by atoms with Gasteiger partial charge in [0.2, 0.25) is 15.9 Å². The minimum absolute atomic E-state index is 0.229. The van der Waals surface area contributed by atoms with Gasteiger partial charge in [-0.15, -0.1) is 0 Å². The number of methoxy groups -OCH3 is 2. The van der Waals surface area contributed by atoms with Crippen LogP contribution >= 0.6 is 0 Å². The van der Waals surface area contributed by atoms with Gasteiger partial charge in [0.25, 0.3) is 0 Å². The van der Waals surface area contributed by atoms with Gasteiger partial charge in [0.05, 0.1) is 26.2 Å². The molecule has 1 amide bonds. The highest BCUT2D eigenvalue weighted by Crippen LogP contribution is 2.35. The molecule has 0 fully saturated rings. The molecule has 1 unspecified atom stereocenters. The molecule has 2 rings (SSSR count). The highest BCUT2D eigenvalue weighted by Gasteiger charge is 2.32. The lowest BCUT2D eigenvalue weighted by atomic mass is 10.1. The summed E-state index contributed by atoms with van der Waals surface area (Å²) in [6.45, 7) is 5.37. The van der Waals surface area contributed by atoms with Crippen molar-refractivity contribution in [2.45, 2.75) is 26.8 Å². The van der Waals surface area contributed by atoms with Crippen molar-refractivity contribution in [1.29, 1.82) is 0 Å². The fourth-order valence-corrected chi connectivity index (χ4v) is 4.11. The standard InChI is InChI=1S/C20H26N2O5S/c1-13-7-9-17(14(2)11-13)21-20(23)15(3)22(28(6,24)25)18-12-16(26-4)8-10-19(18)27-5/h7-12,15H,1-6H3,(H,21,23). The number of hydrogen-bond donors (Lipinski definition) is 1. The van der Waals surface area contributed by atoms with Crippen LogP contribution in [-0.2, 0) is 14.8 Å². The normalized spacial score (nSPS) is 12.2. The van der Waals surface area contributed by atoms with E-state index >= 15 is 0 Å². The molecule has 0 aliphatic carbocycles. The fourth-order valence-electron chi connectivity index (χ4n) is 2.94. The molecule has 7 nitrogen and oxygen atoms in total. The molecule has 0 spiro atoms. The Morgan fingerprint density at radius 3 is 2.29 bits per heavy atom. The Balaban J connectivity index is 2.45. The molecular weight excluding hydrogens is 380 g/mol. The molecule has 1 atom stereocenters. The molecule has 28 heavy (non-hydrogen) atoms. The second-order valence-electron chi connectivity index (χ2n) is 6.58. The maximum absolute atomic E-state index is 12.9. The Morgan fingerprint density at radius 1 is 1.07 bits per heavy atom. The number of anilines is 2. The zero-order valence-corrected chi connectivity index (χ0v) is 17.8. The van der Waals surface area contributed by atoms with E-state index in [9.17, 15) is 13.2 Å². The Hall–Kier alpha value is -2.74. The van der Waals surface area contributed by atoms with Gasteiger partial charge in [0.15, 0.2) is 0 Å². The fraction of sp³-hybridized carbons (Fsp3) is 0.350. The number of sulfonamides is 1. The number of ether oxygens (including phenoxy) is 2. The Morgan fingerprint density at radius 2 is 1.75 bits per heavy atom. The third-order valence-electron chi connectivity index (χ3n) is 4.35. The van der Waals surface area contributed by atoms with Crippen LogP contribution in [0, 0.1) is 13.8 Å². The smallest absolute Gasteiger partial charge is 0.248 e.